The summed E-state index contributed by atoms with van der Waals surface area (Å²) in [6, 6.07) is 0. The molecule has 0 aliphatic carbocycles. The fourth-order valence-corrected chi connectivity index (χ4v) is 1.22. The lowest BCUT2D eigenvalue weighted by Crippen LogP contribution is -1.96. The van der Waals surface area contributed by atoms with Crippen molar-refractivity contribution in [1.82, 2.24) is 19.7 Å². The first-order chi connectivity index (χ1) is 6.88. The molecular formula is C9H12N4O. The predicted octanol–water partition coefficient (Wildman–Crippen LogP) is 1.27. The second kappa shape index (κ2) is 4.04. The van der Waals surface area contributed by atoms with Gasteiger partial charge in [0, 0.05) is 18.8 Å². The van der Waals surface area contributed by atoms with E-state index < -0.39 is 0 Å². The molecule has 5 heteroatoms. The molecule has 0 spiro atoms. The number of hydrogen-bond donors (Lipinski definition) is 0. The molecule has 2 heterocycles. The molecule has 0 N–H and O–H groups in total. The fraction of sp³-hybridized carbons (Fsp3) is 0.444. The van der Waals surface area contributed by atoms with Gasteiger partial charge < -0.3 is 9.09 Å². The van der Waals surface area contributed by atoms with E-state index >= 15 is 0 Å². The maximum absolute atomic E-state index is 5.08. The van der Waals surface area contributed by atoms with Crippen molar-refractivity contribution in [1.29, 1.82) is 0 Å². The van der Waals surface area contributed by atoms with E-state index in [1.54, 1.807) is 12.5 Å². The highest BCUT2D eigenvalue weighted by Crippen LogP contribution is 2.02. The van der Waals surface area contributed by atoms with Gasteiger partial charge in [0.2, 0.25) is 5.89 Å². The Morgan fingerprint density at radius 3 is 3.14 bits per heavy atom. The highest BCUT2D eigenvalue weighted by molar-refractivity contribution is 4.88. The minimum atomic E-state index is 0.594. The molecule has 0 saturated heterocycles. The normalized spacial score (nSPS) is 10.6. The summed E-state index contributed by atoms with van der Waals surface area (Å²) in [5, 5.41) is 3.87. The quantitative estimate of drug-likeness (QED) is 0.731. The first-order valence-electron chi connectivity index (χ1n) is 4.65. The summed E-state index contributed by atoms with van der Waals surface area (Å²) in [5.41, 5.74) is 0. The third-order valence-electron chi connectivity index (χ3n) is 1.86. The van der Waals surface area contributed by atoms with Crippen LogP contribution in [-0.4, -0.2) is 19.7 Å². The van der Waals surface area contributed by atoms with Crippen LogP contribution in [0.15, 0.2) is 23.2 Å². The van der Waals surface area contributed by atoms with Crippen LogP contribution in [-0.2, 0) is 13.0 Å². The maximum Gasteiger partial charge on any atom is 0.246 e. The van der Waals surface area contributed by atoms with Crippen LogP contribution in [0.5, 0.6) is 0 Å². The van der Waals surface area contributed by atoms with Gasteiger partial charge in [-0.2, -0.15) is 4.98 Å². The van der Waals surface area contributed by atoms with Crippen LogP contribution in [0.4, 0.5) is 0 Å². The SMILES string of the molecule is CCCc1noc(Cn2ccnc2)n1. The number of aromatic nitrogens is 4. The first kappa shape index (κ1) is 8.93. The lowest BCUT2D eigenvalue weighted by atomic mass is 10.3. The molecule has 2 aromatic rings. The Balaban J connectivity index is 2.03. The van der Waals surface area contributed by atoms with E-state index in [0.717, 1.165) is 18.7 Å². The lowest BCUT2D eigenvalue weighted by molar-refractivity contribution is 0.366. The Morgan fingerprint density at radius 1 is 1.50 bits per heavy atom. The molecule has 2 rings (SSSR count). The summed E-state index contributed by atoms with van der Waals surface area (Å²) in [5.74, 6) is 1.41. The van der Waals surface area contributed by atoms with E-state index in [2.05, 4.69) is 22.0 Å². The third kappa shape index (κ3) is 1.99. The van der Waals surface area contributed by atoms with Crippen molar-refractivity contribution >= 4 is 0 Å². The molecule has 14 heavy (non-hydrogen) atoms. The Morgan fingerprint density at radius 2 is 2.43 bits per heavy atom. The van der Waals surface area contributed by atoms with Gasteiger partial charge in [0.1, 0.15) is 6.54 Å². The van der Waals surface area contributed by atoms with Crippen LogP contribution in [0.25, 0.3) is 0 Å². The Labute approximate surface area is 81.8 Å². The van der Waals surface area contributed by atoms with Crippen molar-refractivity contribution in [2.75, 3.05) is 0 Å². The highest BCUT2D eigenvalue weighted by atomic mass is 16.5. The molecule has 0 amide bonds. The van der Waals surface area contributed by atoms with Crippen molar-refractivity contribution in [3.8, 4) is 0 Å². The van der Waals surface area contributed by atoms with E-state index in [-0.39, 0.29) is 0 Å². The summed E-state index contributed by atoms with van der Waals surface area (Å²) in [4.78, 5) is 8.18. The van der Waals surface area contributed by atoms with Crippen molar-refractivity contribution in [3.63, 3.8) is 0 Å². The molecule has 5 nitrogen and oxygen atoms in total. The largest absolute Gasteiger partial charge is 0.337 e. The molecule has 0 radical (unpaired) electrons. The smallest absolute Gasteiger partial charge is 0.246 e. The summed E-state index contributed by atoms with van der Waals surface area (Å²) < 4.78 is 6.97. The number of imidazole rings is 1. The van der Waals surface area contributed by atoms with Crippen LogP contribution >= 0.6 is 0 Å². The van der Waals surface area contributed by atoms with Crippen LogP contribution < -0.4 is 0 Å². The van der Waals surface area contributed by atoms with Gasteiger partial charge in [-0.3, -0.25) is 0 Å². The van der Waals surface area contributed by atoms with Crippen LogP contribution in [0, 0.1) is 0 Å². The van der Waals surface area contributed by atoms with Gasteiger partial charge in [0.25, 0.3) is 0 Å². The molecule has 0 unspecified atom stereocenters. The van der Waals surface area contributed by atoms with E-state index in [9.17, 15) is 0 Å². The molecule has 0 aromatic carbocycles. The highest BCUT2D eigenvalue weighted by Gasteiger charge is 2.05. The number of nitrogens with zero attached hydrogens (tertiary/aromatic N) is 4. The van der Waals surface area contributed by atoms with Gasteiger partial charge in [-0.15, -0.1) is 0 Å². The van der Waals surface area contributed by atoms with Crippen molar-refractivity contribution < 1.29 is 4.52 Å². The zero-order valence-corrected chi connectivity index (χ0v) is 8.05. The lowest BCUT2D eigenvalue weighted by Gasteiger charge is -1.93. The molecule has 0 saturated carbocycles. The zero-order valence-electron chi connectivity index (χ0n) is 8.05. The molecule has 0 fully saturated rings. The average Bonchev–Trinajstić information content (AvgIpc) is 2.79. The minimum absolute atomic E-state index is 0.594. The van der Waals surface area contributed by atoms with E-state index in [1.165, 1.54) is 0 Å². The number of rotatable bonds is 4. The summed E-state index contributed by atoms with van der Waals surface area (Å²) in [6.45, 7) is 2.68. The number of hydrogen-bond acceptors (Lipinski definition) is 4. The van der Waals surface area contributed by atoms with Crippen molar-refractivity contribution in [2.24, 2.45) is 0 Å². The molecule has 0 atom stereocenters. The van der Waals surface area contributed by atoms with Crippen LogP contribution in [0.3, 0.4) is 0 Å². The van der Waals surface area contributed by atoms with Gasteiger partial charge >= 0.3 is 0 Å². The topological polar surface area (TPSA) is 56.7 Å². The molecule has 0 bridgehead atoms. The van der Waals surface area contributed by atoms with E-state index in [1.807, 2.05) is 10.8 Å². The summed E-state index contributed by atoms with van der Waals surface area (Å²) in [6.07, 6.45) is 7.22. The van der Waals surface area contributed by atoms with E-state index in [4.69, 9.17) is 4.52 Å². The van der Waals surface area contributed by atoms with Crippen molar-refractivity contribution in [3.05, 3.63) is 30.4 Å². The molecular weight excluding hydrogens is 180 g/mol. The number of aryl methyl sites for hydroxylation is 1. The molecule has 74 valence electrons. The summed E-state index contributed by atoms with van der Waals surface area (Å²) in [7, 11) is 0. The maximum atomic E-state index is 5.08. The zero-order chi connectivity index (χ0) is 9.80. The fourth-order valence-electron chi connectivity index (χ4n) is 1.22. The average molecular weight is 192 g/mol. The second-order valence-electron chi connectivity index (χ2n) is 3.09. The Kier molecular flexibility index (Phi) is 2.58. The Hall–Kier alpha value is -1.65. The Bertz CT molecular complexity index is 379. The predicted molar refractivity (Wildman–Crippen MR) is 49.6 cm³/mol. The third-order valence-corrected chi connectivity index (χ3v) is 1.86. The minimum Gasteiger partial charge on any atom is -0.337 e. The first-order valence-corrected chi connectivity index (χ1v) is 4.65. The van der Waals surface area contributed by atoms with Gasteiger partial charge in [-0.25, -0.2) is 4.98 Å². The van der Waals surface area contributed by atoms with Crippen molar-refractivity contribution in [2.45, 2.75) is 26.3 Å². The van der Waals surface area contributed by atoms with E-state index in [0.29, 0.717) is 12.4 Å². The van der Waals surface area contributed by atoms with Gasteiger partial charge in [-0.05, 0) is 6.42 Å². The molecule has 0 aliphatic rings. The van der Waals surface area contributed by atoms with Gasteiger partial charge in [0.05, 0.1) is 6.33 Å². The second-order valence-corrected chi connectivity index (χ2v) is 3.09. The molecule has 0 aliphatic heterocycles. The van der Waals surface area contributed by atoms with Crippen LogP contribution in [0.1, 0.15) is 25.1 Å². The standard InChI is InChI=1S/C9H12N4O/c1-2-3-8-11-9(14-12-8)6-13-5-4-10-7-13/h4-5,7H,2-3,6H2,1H3. The molecule has 2 aromatic heterocycles. The van der Waals surface area contributed by atoms with Gasteiger partial charge in [-0.1, -0.05) is 12.1 Å². The van der Waals surface area contributed by atoms with Crippen LogP contribution in [0.2, 0.25) is 0 Å². The van der Waals surface area contributed by atoms with Gasteiger partial charge in [0.15, 0.2) is 5.82 Å². The summed E-state index contributed by atoms with van der Waals surface area (Å²) >= 11 is 0. The monoisotopic (exact) mass is 192 g/mol.